The zero-order chi connectivity index (χ0) is 13.4. The monoisotopic (exact) mass is 260 g/mol. The van der Waals surface area contributed by atoms with Crippen molar-refractivity contribution in [2.75, 3.05) is 0 Å². The van der Waals surface area contributed by atoms with Gasteiger partial charge in [0.05, 0.1) is 5.57 Å². The van der Waals surface area contributed by atoms with Crippen LogP contribution in [0.3, 0.4) is 0 Å². The largest absolute Gasteiger partial charge is 0.460 e. The Morgan fingerprint density at radius 2 is 1.25 bits per heavy atom. The zero-order valence-electron chi connectivity index (χ0n) is 7.61. The van der Waals surface area contributed by atoms with E-state index in [9.17, 15) is 39.5 Å². The van der Waals surface area contributed by atoms with E-state index in [4.69, 9.17) is 0 Å². The van der Waals surface area contributed by atoms with E-state index in [0.29, 0.717) is 6.92 Å². The van der Waals surface area contributed by atoms with E-state index in [-0.39, 0.29) is 0 Å². The van der Waals surface area contributed by atoms with Crippen LogP contribution in [-0.4, -0.2) is 18.0 Å². The first-order chi connectivity index (χ1) is 6.89. The smallest absolute Gasteiger partial charge is 0.194 e. The summed E-state index contributed by atoms with van der Waals surface area (Å²) in [5, 5.41) is 0. The minimum Gasteiger partial charge on any atom is -0.194 e. The number of hydrogen-bond acceptors (Lipinski definition) is 0. The molecule has 0 nitrogen and oxygen atoms in total. The van der Waals surface area contributed by atoms with Crippen molar-refractivity contribution in [2.45, 2.75) is 31.4 Å². The summed E-state index contributed by atoms with van der Waals surface area (Å²) in [5.74, 6) is -12.5. The van der Waals surface area contributed by atoms with Gasteiger partial charge in [-0.25, -0.2) is 0 Å². The second-order valence-corrected chi connectivity index (χ2v) is 2.74. The quantitative estimate of drug-likeness (QED) is 0.660. The van der Waals surface area contributed by atoms with Gasteiger partial charge in [-0.05, 0) is 6.42 Å². The Hall–Kier alpha value is -0.890. The van der Waals surface area contributed by atoms with Crippen molar-refractivity contribution >= 4 is 0 Å². The second-order valence-electron chi connectivity index (χ2n) is 2.74. The van der Waals surface area contributed by atoms with Crippen LogP contribution in [0.2, 0.25) is 0 Å². The van der Waals surface area contributed by atoms with Crippen LogP contribution >= 0.6 is 0 Å². The molecule has 0 aromatic heterocycles. The van der Waals surface area contributed by atoms with Gasteiger partial charge in [-0.1, -0.05) is 6.92 Å². The molecule has 0 heterocycles. The lowest BCUT2D eigenvalue weighted by Gasteiger charge is -2.29. The van der Waals surface area contributed by atoms with Crippen LogP contribution in [0, 0.1) is 0 Å². The van der Waals surface area contributed by atoms with Crippen LogP contribution in [-0.2, 0) is 0 Å². The van der Waals surface area contributed by atoms with Gasteiger partial charge in [-0.2, -0.15) is 39.5 Å². The highest BCUT2D eigenvalue weighted by atomic mass is 19.4. The molecule has 0 fully saturated rings. The molecule has 0 aliphatic rings. The van der Waals surface area contributed by atoms with Crippen molar-refractivity contribution in [1.82, 2.24) is 0 Å². The Kier molecular flexibility index (Phi) is 3.94. The summed E-state index contributed by atoms with van der Waals surface area (Å²) in [4.78, 5) is 0. The molecule has 0 unspecified atom stereocenters. The zero-order valence-corrected chi connectivity index (χ0v) is 7.61. The molecule has 0 aromatic carbocycles. The van der Waals surface area contributed by atoms with Crippen LogP contribution in [0.5, 0.6) is 0 Å². The lowest BCUT2D eigenvalue weighted by Crippen LogP contribution is -2.53. The van der Waals surface area contributed by atoms with Gasteiger partial charge in [0.25, 0.3) is 6.08 Å². The minimum atomic E-state index is -6.60. The average molecular weight is 260 g/mol. The highest BCUT2D eigenvalue weighted by Crippen LogP contribution is 2.51. The van der Waals surface area contributed by atoms with Gasteiger partial charge in [-0.15, -0.1) is 0 Å². The van der Waals surface area contributed by atoms with Crippen molar-refractivity contribution in [3.8, 4) is 0 Å². The standard InChI is InChI=1S/C7H5F9/c1-2-3(4(8)9)5(10,11)6(12,13)7(14,15)16/h2H2,1H3. The molecule has 0 aliphatic carbocycles. The van der Waals surface area contributed by atoms with E-state index in [1.54, 1.807) is 0 Å². The molecule has 0 saturated heterocycles. The van der Waals surface area contributed by atoms with Gasteiger partial charge in [0.15, 0.2) is 0 Å². The van der Waals surface area contributed by atoms with Crippen molar-refractivity contribution < 1.29 is 39.5 Å². The molecule has 0 radical (unpaired) electrons. The van der Waals surface area contributed by atoms with Crippen LogP contribution in [0.25, 0.3) is 0 Å². The molecule has 0 aromatic rings. The van der Waals surface area contributed by atoms with Crippen LogP contribution in [0.1, 0.15) is 13.3 Å². The lowest BCUT2D eigenvalue weighted by molar-refractivity contribution is -0.345. The number of allylic oxidation sites excluding steroid dienone is 1. The predicted octanol–water partition coefficient (Wildman–Crippen LogP) is 4.38. The van der Waals surface area contributed by atoms with Crippen molar-refractivity contribution in [3.63, 3.8) is 0 Å². The Balaban J connectivity index is 5.61. The van der Waals surface area contributed by atoms with E-state index >= 15 is 0 Å². The van der Waals surface area contributed by atoms with E-state index in [1.807, 2.05) is 0 Å². The SMILES string of the molecule is CCC(=C(F)F)C(F)(F)C(F)(F)C(F)(F)F. The molecule has 0 N–H and O–H groups in total. The average Bonchev–Trinajstić information content (AvgIpc) is 2.01. The summed E-state index contributed by atoms with van der Waals surface area (Å²) < 4.78 is 108. The molecule has 0 saturated carbocycles. The molecule has 96 valence electrons. The Morgan fingerprint density at radius 1 is 0.875 bits per heavy atom. The molecule has 0 rings (SSSR count). The fourth-order valence-corrected chi connectivity index (χ4v) is 0.842. The van der Waals surface area contributed by atoms with Gasteiger partial charge >= 0.3 is 18.0 Å². The maximum atomic E-state index is 12.6. The molecular formula is C7H5F9. The van der Waals surface area contributed by atoms with E-state index in [1.165, 1.54) is 0 Å². The van der Waals surface area contributed by atoms with Gasteiger partial charge < -0.3 is 0 Å². The molecule has 16 heavy (non-hydrogen) atoms. The van der Waals surface area contributed by atoms with Gasteiger partial charge in [-0.3, -0.25) is 0 Å². The van der Waals surface area contributed by atoms with Crippen molar-refractivity contribution in [2.24, 2.45) is 0 Å². The summed E-state index contributed by atoms with van der Waals surface area (Å²) in [5.41, 5.74) is -2.52. The topological polar surface area (TPSA) is 0 Å². The van der Waals surface area contributed by atoms with E-state index < -0.39 is 36.1 Å². The lowest BCUT2D eigenvalue weighted by atomic mass is 10.0. The van der Waals surface area contributed by atoms with Crippen LogP contribution < -0.4 is 0 Å². The Labute approximate surface area is 83.7 Å². The fourth-order valence-electron chi connectivity index (χ4n) is 0.842. The summed E-state index contributed by atoms with van der Waals surface area (Å²) in [6, 6.07) is 0. The summed E-state index contributed by atoms with van der Waals surface area (Å²) in [6.07, 6.45) is -11.2. The first kappa shape index (κ1) is 15.1. The normalized spacial score (nSPS) is 13.9. The molecule has 9 heteroatoms. The molecule has 0 bridgehead atoms. The maximum absolute atomic E-state index is 12.6. The summed E-state index contributed by atoms with van der Waals surface area (Å²) >= 11 is 0. The minimum absolute atomic E-state index is 0.620. The van der Waals surface area contributed by atoms with Gasteiger partial charge in [0.1, 0.15) is 0 Å². The molecule has 0 aliphatic heterocycles. The highest BCUT2D eigenvalue weighted by molar-refractivity contribution is 5.19. The Bertz CT molecular complexity index is 281. The predicted molar refractivity (Wildman–Crippen MR) is 35.5 cm³/mol. The third kappa shape index (κ3) is 2.27. The number of halogens is 9. The van der Waals surface area contributed by atoms with Crippen molar-refractivity contribution in [3.05, 3.63) is 11.7 Å². The summed E-state index contributed by atoms with van der Waals surface area (Å²) in [7, 11) is 0. The fraction of sp³-hybridized carbons (Fsp3) is 0.714. The number of rotatable bonds is 3. The third-order valence-corrected chi connectivity index (χ3v) is 1.71. The van der Waals surface area contributed by atoms with E-state index in [2.05, 4.69) is 0 Å². The summed E-state index contributed by atoms with van der Waals surface area (Å²) in [6.45, 7) is 0.620. The number of alkyl halides is 7. The van der Waals surface area contributed by atoms with Crippen LogP contribution in [0.4, 0.5) is 39.5 Å². The van der Waals surface area contributed by atoms with Crippen LogP contribution in [0.15, 0.2) is 11.7 Å². The molecule has 0 amide bonds. The van der Waals surface area contributed by atoms with E-state index in [0.717, 1.165) is 0 Å². The Morgan fingerprint density at radius 3 is 1.44 bits per heavy atom. The first-order valence-electron chi connectivity index (χ1n) is 3.76. The molecule has 0 atom stereocenters. The molecular weight excluding hydrogens is 255 g/mol. The van der Waals surface area contributed by atoms with Gasteiger partial charge in [0.2, 0.25) is 0 Å². The second kappa shape index (κ2) is 4.17. The maximum Gasteiger partial charge on any atom is 0.460 e. The van der Waals surface area contributed by atoms with Gasteiger partial charge in [0, 0.05) is 0 Å². The molecule has 0 spiro atoms. The third-order valence-electron chi connectivity index (χ3n) is 1.71. The first-order valence-corrected chi connectivity index (χ1v) is 3.76. The number of hydrogen-bond donors (Lipinski definition) is 0. The van der Waals surface area contributed by atoms with Crippen molar-refractivity contribution in [1.29, 1.82) is 0 Å². The highest BCUT2D eigenvalue weighted by Gasteiger charge is 2.74.